The Kier molecular flexibility index (Phi) is 1.62. The average Bonchev–Trinajstić information content (AvgIpc) is 2.59. The molecule has 0 aliphatic carbocycles. The van der Waals surface area contributed by atoms with Gasteiger partial charge in [-0.2, -0.15) is 5.10 Å². The summed E-state index contributed by atoms with van der Waals surface area (Å²) >= 11 is 0. The van der Waals surface area contributed by atoms with Crippen LogP contribution in [-0.2, 0) is 0 Å². The Morgan fingerprint density at radius 2 is 2.42 bits per heavy atom. The Hall–Kier alpha value is -1.29. The number of hydrazine groups is 1. The summed E-state index contributed by atoms with van der Waals surface area (Å²) in [6, 6.07) is 0. The number of hydrogen-bond acceptors (Lipinski definition) is 3. The fourth-order valence-corrected chi connectivity index (χ4v) is 1.32. The van der Waals surface area contributed by atoms with Crippen molar-refractivity contribution in [1.29, 1.82) is 0 Å². The van der Waals surface area contributed by atoms with Gasteiger partial charge >= 0.3 is 0 Å². The number of aromatic nitrogens is 2. The van der Waals surface area contributed by atoms with Gasteiger partial charge in [0.15, 0.2) is 0 Å². The van der Waals surface area contributed by atoms with Gasteiger partial charge in [0, 0.05) is 25.4 Å². The molecule has 0 bridgehead atoms. The molecular formula is C8H12N4. The lowest BCUT2D eigenvalue weighted by Gasteiger charge is -2.23. The molecule has 1 aliphatic rings. The second kappa shape index (κ2) is 2.64. The van der Waals surface area contributed by atoms with Crippen molar-refractivity contribution in [2.45, 2.75) is 6.92 Å². The first-order chi connectivity index (χ1) is 5.79. The van der Waals surface area contributed by atoms with E-state index >= 15 is 0 Å². The Bertz CT molecular complexity index is 302. The van der Waals surface area contributed by atoms with Gasteiger partial charge in [0.25, 0.3) is 0 Å². The van der Waals surface area contributed by atoms with E-state index in [1.54, 1.807) is 0 Å². The molecule has 1 aromatic heterocycles. The zero-order valence-corrected chi connectivity index (χ0v) is 7.28. The highest BCUT2D eigenvalue weighted by atomic mass is 15.6. The maximum Gasteiger partial charge on any atom is 0.145 e. The zero-order chi connectivity index (χ0) is 8.55. The van der Waals surface area contributed by atoms with Crippen LogP contribution >= 0.6 is 0 Å². The highest BCUT2D eigenvalue weighted by molar-refractivity contribution is 5.47. The maximum absolute atomic E-state index is 3.97. The fraction of sp³-hybridized carbons (Fsp3) is 0.375. The number of nitrogens with zero attached hydrogens (tertiary/aromatic N) is 3. The van der Waals surface area contributed by atoms with E-state index in [1.807, 2.05) is 26.4 Å². The van der Waals surface area contributed by atoms with E-state index in [2.05, 4.69) is 26.3 Å². The fourth-order valence-electron chi connectivity index (χ4n) is 1.32. The second-order valence-electron chi connectivity index (χ2n) is 2.97. The molecule has 2 rings (SSSR count). The van der Waals surface area contributed by atoms with Gasteiger partial charge in [-0.1, -0.05) is 6.08 Å². The molecule has 4 nitrogen and oxygen atoms in total. The minimum Gasteiger partial charge on any atom is -0.265 e. The molecular weight excluding hydrogens is 152 g/mol. The Labute approximate surface area is 71.4 Å². The summed E-state index contributed by atoms with van der Waals surface area (Å²) in [5, 5.41) is 11.1. The number of likely N-dealkylation sites (N-methyl/N-ethyl adjacent to an activating group) is 1. The van der Waals surface area contributed by atoms with Gasteiger partial charge in [-0.3, -0.25) is 10.1 Å². The number of H-pyrrole nitrogens is 1. The summed E-state index contributed by atoms with van der Waals surface area (Å²) in [5.41, 5.74) is 1.16. The van der Waals surface area contributed by atoms with E-state index in [0.29, 0.717) is 0 Å². The van der Waals surface area contributed by atoms with E-state index < -0.39 is 0 Å². The molecule has 12 heavy (non-hydrogen) atoms. The van der Waals surface area contributed by atoms with Crippen molar-refractivity contribution >= 4 is 5.82 Å². The zero-order valence-electron chi connectivity index (χ0n) is 7.28. The highest BCUT2D eigenvalue weighted by Crippen LogP contribution is 2.19. The maximum atomic E-state index is 3.97. The van der Waals surface area contributed by atoms with Crippen molar-refractivity contribution in [3.05, 3.63) is 24.0 Å². The molecule has 0 fully saturated rings. The molecule has 0 amide bonds. The lowest BCUT2D eigenvalue weighted by atomic mass is 10.4. The van der Waals surface area contributed by atoms with Crippen LogP contribution in [-0.4, -0.2) is 28.8 Å². The smallest absolute Gasteiger partial charge is 0.145 e. The SMILES string of the molecule is Cc1cn[nH]c1N1C=CCN1C. The lowest BCUT2D eigenvalue weighted by Crippen LogP contribution is -2.31. The summed E-state index contributed by atoms with van der Waals surface area (Å²) in [6.45, 7) is 3.00. The molecule has 1 aromatic rings. The van der Waals surface area contributed by atoms with Crippen molar-refractivity contribution in [2.75, 3.05) is 18.6 Å². The van der Waals surface area contributed by atoms with Crippen LogP contribution in [0, 0.1) is 6.92 Å². The van der Waals surface area contributed by atoms with Gasteiger partial charge in [-0.15, -0.1) is 0 Å². The van der Waals surface area contributed by atoms with Crippen LogP contribution < -0.4 is 5.01 Å². The molecule has 0 radical (unpaired) electrons. The third kappa shape index (κ3) is 1.00. The molecule has 64 valence electrons. The van der Waals surface area contributed by atoms with E-state index in [4.69, 9.17) is 0 Å². The minimum absolute atomic E-state index is 0.957. The van der Waals surface area contributed by atoms with Crippen LogP contribution in [0.25, 0.3) is 0 Å². The van der Waals surface area contributed by atoms with E-state index in [9.17, 15) is 0 Å². The standard InChI is InChI=1S/C8H12N4/c1-7-6-9-10-8(7)12-5-3-4-11(12)2/h3,5-6H,4H2,1-2H3,(H,9,10). The van der Waals surface area contributed by atoms with Gasteiger partial charge in [0.05, 0.1) is 6.20 Å². The van der Waals surface area contributed by atoms with Gasteiger partial charge in [-0.25, -0.2) is 5.01 Å². The summed E-state index contributed by atoms with van der Waals surface area (Å²) < 4.78 is 0. The van der Waals surface area contributed by atoms with E-state index in [0.717, 1.165) is 17.9 Å². The molecule has 1 N–H and O–H groups in total. The largest absolute Gasteiger partial charge is 0.265 e. The molecule has 2 heterocycles. The molecule has 0 unspecified atom stereocenters. The Balaban J connectivity index is 2.30. The molecule has 0 aromatic carbocycles. The van der Waals surface area contributed by atoms with Gasteiger partial charge in [-0.05, 0) is 6.92 Å². The summed E-state index contributed by atoms with van der Waals surface area (Å²) in [7, 11) is 2.04. The van der Waals surface area contributed by atoms with Gasteiger partial charge in [0.1, 0.15) is 5.82 Å². The average molecular weight is 164 g/mol. The third-order valence-electron chi connectivity index (χ3n) is 2.02. The normalized spacial score (nSPS) is 17.7. The Morgan fingerprint density at radius 3 is 2.92 bits per heavy atom. The Morgan fingerprint density at radius 1 is 1.58 bits per heavy atom. The molecule has 0 spiro atoms. The first-order valence-electron chi connectivity index (χ1n) is 3.96. The highest BCUT2D eigenvalue weighted by Gasteiger charge is 2.15. The number of aryl methyl sites for hydroxylation is 1. The molecule has 1 aliphatic heterocycles. The first-order valence-corrected chi connectivity index (χ1v) is 3.96. The minimum atomic E-state index is 0.957. The van der Waals surface area contributed by atoms with Crippen molar-refractivity contribution in [2.24, 2.45) is 0 Å². The molecule has 4 heteroatoms. The molecule has 0 saturated heterocycles. The number of nitrogens with one attached hydrogen (secondary N) is 1. The van der Waals surface area contributed by atoms with Crippen LogP contribution in [0.1, 0.15) is 5.56 Å². The van der Waals surface area contributed by atoms with Crippen LogP contribution in [0.15, 0.2) is 18.5 Å². The lowest BCUT2D eigenvalue weighted by molar-refractivity contribution is 0.393. The third-order valence-corrected chi connectivity index (χ3v) is 2.02. The van der Waals surface area contributed by atoms with E-state index in [-0.39, 0.29) is 0 Å². The second-order valence-corrected chi connectivity index (χ2v) is 2.97. The monoisotopic (exact) mass is 164 g/mol. The van der Waals surface area contributed by atoms with Crippen LogP contribution in [0.5, 0.6) is 0 Å². The number of rotatable bonds is 1. The van der Waals surface area contributed by atoms with Crippen molar-refractivity contribution in [3.8, 4) is 0 Å². The van der Waals surface area contributed by atoms with Crippen molar-refractivity contribution in [1.82, 2.24) is 15.2 Å². The number of anilines is 1. The summed E-state index contributed by atoms with van der Waals surface area (Å²) in [4.78, 5) is 0. The van der Waals surface area contributed by atoms with Crippen LogP contribution in [0.4, 0.5) is 5.82 Å². The number of hydrogen-bond donors (Lipinski definition) is 1. The van der Waals surface area contributed by atoms with E-state index in [1.165, 1.54) is 0 Å². The quantitative estimate of drug-likeness (QED) is 0.669. The van der Waals surface area contributed by atoms with Crippen LogP contribution in [0.3, 0.4) is 0 Å². The summed E-state index contributed by atoms with van der Waals surface area (Å²) in [6.07, 6.45) is 5.98. The van der Waals surface area contributed by atoms with Gasteiger partial charge in [0.2, 0.25) is 0 Å². The summed E-state index contributed by atoms with van der Waals surface area (Å²) in [5.74, 6) is 1.05. The van der Waals surface area contributed by atoms with Gasteiger partial charge < -0.3 is 0 Å². The predicted molar refractivity (Wildman–Crippen MR) is 47.6 cm³/mol. The van der Waals surface area contributed by atoms with Crippen LogP contribution in [0.2, 0.25) is 0 Å². The molecule has 0 atom stereocenters. The first kappa shape index (κ1) is 7.36. The van der Waals surface area contributed by atoms with Crippen molar-refractivity contribution in [3.63, 3.8) is 0 Å². The van der Waals surface area contributed by atoms with Crippen molar-refractivity contribution < 1.29 is 0 Å². The molecule has 0 saturated carbocycles. The topological polar surface area (TPSA) is 35.2 Å². The predicted octanol–water partition coefficient (Wildman–Crippen LogP) is 0.899. The number of aromatic amines is 1.